The van der Waals surface area contributed by atoms with Crippen LogP contribution < -0.4 is 10.1 Å². The maximum absolute atomic E-state index is 13.0. The van der Waals surface area contributed by atoms with Crippen LogP contribution in [0.5, 0.6) is 11.6 Å². The van der Waals surface area contributed by atoms with E-state index in [1.165, 1.54) is 19.2 Å². The average molecular weight is 356 g/mol. The highest BCUT2D eigenvalue weighted by molar-refractivity contribution is 5.94. The number of ether oxygens (including phenoxy) is 2. The van der Waals surface area contributed by atoms with Crippen molar-refractivity contribution in [3.63, 3.8) is 0 Å². The maximum Gasteiger partial charge on any atom is 0.421 e. The third-order valence-corrected chi connectivity index (χ3v) is 3.13. The van der Waals surface area contributed by atoms with Gasteiger partial charge in [0.05, 0.1) is 12.2 Å². The maximum atomic E-state index is 13.0. The standard InChI is InChI=1S/C16H15F3N2O4/c1-24-8-7-20-13-5-4-10(9-11(13)15(22)23)25-14-12(16(17,18)19)3-2-6-21-14/h2-6,9,20H,7-8H2,1H3,(H,22,23). The number of carbonyl (C=O) groups is 1. The van der Waals surface area contributed by atoms with Crippen LogP contribution >= 0.6 is 0 Å². The molecule has 0 aliphatic heterocycles. The summed E-state index contributed by atoms with van der Waals surface area (Å²) >= 11 is 0. The van der Waals surface area contributed by atoms with Crippen molar-refractivity contribution in [3.05, 3.63) is 47.7 Å². The molecule has 1 aromatic carbocycles. The predicted molar refractivity (Wildman–Crippen MR) is 83.1 cm³/mol. The van der Waals surface area contributed by atoms with Gasteiger partial charge in [-0.05, 0) is 30.3 Å². The van der Waals surface area contributed by atoms with E-state index >= 15 is 0 Å². The van der Waals surface area contributed by atoms with Gasteiger partial charge >= 0.3 is 12.1 Å². The molecule has 134 valence electrons. The molecule has 0 fully saturated rings. The van der Waals surface area contributed by atoms with Gasteiger partial charge in [0.2, 0.25) is 5.88 Å². The Hall–Kier alpha value is -2.81. The van der Waals surface area contributed by atoms with E-state index in [0.29, 0.717) is 18.8 Å². The molecule has 0 aliphatic rings. The van der Waals surface area contributed by atoms with Crippen molar-refractivity contribution < 1.29 is 32.5 Å². The third-order valence-electron chi connectivity index (χ3n) is 3.13. The minimum atomic E-state index is -4.64. The number of carboxylic acids is 1. The lowest BCUT2D eigenvalue weighted by Crippen LogP contribution is -2.11. The second-order valence-corrected chi connectivity index (χ2v) is 4.89. The number of halogens is 3. The number of hydrogen-bond acceptors (Lipinski definition) is 5. The highest BCUT2D eigenvalue weighted by atomic mass is 19.4. The fourth-order valence-electron chi connectivity index (χ4n) is 2.01. The van der Waals surface area contributed by atoms with E-state index in [2.05, 4.69) is 10.3 Å². The van der Waals surface area contributed by atoms with Gasteiger partial charge in [0.15, 0.2) is 0 Å². The molecule has 0 bridgehead atoms. The molecule has 1 heterocycles. The molecule has 0 unspecified atom stereocenters. The Labute approximate surface area is 141 Å². The molecule has 0 saturated carbocycles. The second-order valence-electron chi connectivity index (χ2n) is 4.89. The summed E-state index contributed by atoms with van der Waals surface area (Å²) in [7, 11) is 1.50. The summed E-state index contributed by atoms with van der Waals surface area (Å²) in [6, 6.07) is 5.87. The van der Waals surface area contributed by atoms with Crippen molar-refractivity contribution in [3.8, 4) is 11.6 Å². The minimum Gasteiger partial charge on any atom is -0.478 e. The molecule has 6 nitrogen and oxygen atoms in total. The normalized spacial score (nSPS) is 11.2. The highest BCUT2D eigenvalue weighted by Gasteiger charge is 2.35. The number of hydrogen-bond donors (Lipinski definition) is 2. The number of pyridine rings is 1. The fraction of sp³-hybridized carbons (Fsp3) is 0.250. The Morgan fingerprint density at radius 1 is 1.32 bits per heavy atom. The van der Waals surface area contributed by atoms with Crippen LogP contribution in [-0.2, 0) is 10.9 Å². The second kappa shape index (κ2) is 7.84. The van der Waals surface area contributed by atoms with Crippen LogP contribution in [0.2, 0.25) is 0 Å². The minimum absolute atomic E-state index is 0.0705. The summed E-state index contributed by atoms with van der Waals surface area (Å²) in [6.07, 6.45) is -3.48. The summed E-state index contributed by atoms with van der Waals surface area (Å²) in [6.45, 7) is 0.732. The van der Waals surface area contributed by atoms with Crippen LogP contribution in [0.15, 0.2) is 36.5 Å². The first-order chi connectivity index (χ1) is 11.8. The van der Waals surface area contributed by atoms with Crippen molar-refractivity contribution in [1.82, 2.24) is 4.98 Å². The molecule has 25 heavy (non-hydrogen) atoms. The first kappa shape index (κ1) is 18.5. The van der Waals surface area contributed by atoms with Gasteiger partial charge in [-0.1, -0.05) is 0 Å². The molecular weight excluding hydrogens is 341 g/mol. The predicted octanol–water partition coefficient (Wildman–Crippen LogP) is 3.65. The van der Waals surface area contributed by atoms with Crippen LogP contribution in [-0.4, -0.2) is 36.3 Å². The van der Waals surface area contributed by atoms with Crippen molar-refractivity contribution in [2.24, 2.45) is 0 Å². The molecule has 2 rings (SSSR count). The topological polar surface area (TPSA) is 80.7 Å². The first-order valence-corrected chi connectivity index (χ1v) is 7.13. The van der Waals surface area contributed by atoms with E-state index in [1.807, 2.05) is 0 Å². The van der Waals surface area contributed by atoms with E-state index in [-0.39, 0.29) is 11.3 Å². The van der Waals surface area contributed by atoms with Gasteiger partial charge in [0.25, 0.3) is 0 Å². The molecule has 0 aliphatic carbocycles. The number of carboxylic acid groups (broad SMARTS) is 1. The number of alkyl halides is 3. The number of anilines is 1. The number of nitrogens with one attached hydrogen (secondary N) is 1. The summed E-state index contributed by atoms with van der Waals surface area (Å²) in [5, 5.41) is 12.1. The first-order valence-electron chi connectivity index (χ1n) is 7.13. The molecule has 0 amide bonds. The van der Waals surface area contributed by atoms with Gasteiger partial charge in [0.1, 0.15) is 11.3 Å². The monoisotopic (exact) mass is 356 g/mol. The van der Waals surface area contributed by atoms with Crippen molar-refractivity contribution in [2.45, 2.75) is 6.18 Å². The van der Waals surface area contributed by atoms with Crippen LogP contribution in [0, 0.1) is 0 Å². The van der Waals surface area contributed by atoms with E-state index in [1.54, 1.807) is 0 Å². The van der Waals surface area contributed by atoms with Gasteiger partial charge in [-0.3, -0.25) is 0 Å². The summed E-state index contributed by atoms with van der Waals surface area (Å²) < 4.78 is 48.9. The SMILES string of the molecule is COCCNc1ccc(Oc2ncccc2C(F)(F)F)cc1C(=O)O. The van der Waals surface area contributed by atoms with E-state index in [9.17, 15) is 23.1 Å². The molecular formula is C16H15F3N2O4. The smallest absolute Gasteiger partial charge is 0.421 e. The van der Waals surface area contributed by atoms with E-state index in [4.69, 9.17) is 9.47 Å². The lowest BCUT2D eigenvalue weighted by Gasteiger charge is -2.14. The number of aromatic carboxylic acids is 1. The molecule has 0 radical (unpaired) electrons. The van der Waals surface area contributed by atoms with Gasteiger partial charge in [-0.25, -0.2) is 9.78 Å². The van der Waals surface area contributed by atoms with Gasteiger partial charge in [-0.15, -0.1) is 0 Å². The van der Waals surface area contributed by atoms with E-state index < -0.39 is 23.6 Å². The zero-order chi connectivity index (χ0) is 18.4. The Morgan fingerprint density at radius 3 is 2.72 bits per heavy atom. The largest absolute Gasteiger partial charge is 0.478 e. The van der Waals surface area contributed by atoms with Gasteiger partial charge in [0, 0.05) is 25.5 Å². The number of methoxy groups -OCH3 is 1. The van der Waals surface area contributed by atoms with Crippen molar-refractivity contribution in [2.75, 3.05) is 25.6 Å². The quantitative estimate of drug-likeness (QED) is 0.737. The summed E-state index contributed by atoms with van der Waals surface area (Å²) in [5.74, 6) is -1.97. The van der Waals surface area contributed by atoms with E-state index in [0.717, 1.165) is 24.4 Å². The number of benzene rings is 1. The average Bonchev–Trinajstić information content (AvgIpc) is 2.55. The van der Waals surface area contributed by atoms with Gasteiger partial charge in [-0.2, -0.15) is 13.2 Å². The molecule has 0 spiro atoms. The number of rotatable bonds is 7. The number of nitrogens with zero attached hydrogens (tertiary/aromatic N) is 1. The van der Waals surface area contributed by atoms with Gasteiger partial charge < -0.3 is 19.9 Å². The lowest BCUT2D eigenvalue weighted by molar-refractivity contribution is -0.138. The van der Waals surface area contributed by atoms with Crippen LogP contribution in [0.1, 0.15) is 15.9 Å². The van der Waals surface area contributed by atoms with Crippen LogP contribution in [0.3, 0.4) is 0 Å². The van der Waals surface area contributed by atoms with Crippen LogP contribution in [0.4, 0.5) is 18.9 Å². The lowest BCUT2D eigenvalue weighted by atomic mass is 10.1. The van der Waals surface area contributed by atoms with Crippen molar-refractivity contribution >= 4 is 11.7 Å². The molecule has 1 aromatic heterocycles. The summed E-state index contributed by atoms with van der Waals surface area (Å²) in [4.78, 5) is 14.9. The third kappa shape index (κ3) is 4.83. The zero-order valence-corrected chi connectivity index (χ0v) is 13.1. The Balaban J connectivity index is 2.30. The zero-order valence-electron chi connectivity index (χ0n) is 13.1. The molecule has 0 atom stereocenters. The molecule has 2 N–H and O–H groups in total. The van der Waals surface area contributed by atoms with Crippen molar-refractivity contribution in [1.29, 1.82) is 0 Å². The fourth-order valence-corrected chi connectivity index (χ4v) is 2.01. The Morgan fingerprint density at radius 2 is 2.08 bits per heavy atom. The number of aromatic nitrogens is 1. The Bertz CT molecular complexity index is 750. The molecule has 9 heteroatoms. The Kier molecular flexibility index (Phi) is 5.81. The molecule has 2 aromatic rings. The summed E-state index contributed by atoms with van der Waals surface area (Å²) in [5.41, 5.74) is -0.888. The highest BCUT2D eigenvalue weighted by Crippen LogP contribution is 2.37. The van der Waals surface area contributed by atoms with Crippen LogP contribution in [0.25, 0.3) is 0 Å². The molecule has 0 saturated heterocycles.